The molecule has 3 amide bonds. The number of rotatable bonds is 6. The summed E-state index contributed by atoms with van der Waals surface area (Å²) in [5.74, 6) is 0.561. The molecule has 0 spiro atoms. The Balaban J connectivity index is 0.00000341. The van der Waals surface area contributed by atoms with E-state index in [1.54, 1.807) is 37.1 Å². The number of anilines is 3. The first-order chi connectivity index (χ1) is 14.2. The lowest BCUT2D eigenvalue weighted by Crippen LogP contribution is -2.50. The van der Waals surface area contributed by atoms with Crippen LogP contribution in [-0.4, -0.2) is 41.0 Å². The fourth-order valence-electron chi connectivity index (χ4n) is 3.25. The van der Waals surface area contributed by atoms with E-state index in [4.69, 9.17) is 11.6 Å². The lowest BCUT2D eigenvalue weighted by Gasteiger charge is -2.40. The average Bonchev–Trinajstić information content (AvgIpc) is 2.72. The number of hydrogen-bond acceptors (Lipinski definition) is 4. The van der Waals surface area contributed by atoms with Gasteiger partial charge in [-0.3, -0.25) is 9.69 Å². The van der Waals surface area contributed by atoms with Crippen molar-refractivity contribution in [2.24, 2.45) is 5.92 Å². The van der Waals surface area contributed by atoms with E-state index in [0.29, 0.717) is 28.8 Å². The topological polar surface area (TPSA) is 77.6 Å². The Morgan fingerprint density at radius 2 is 1.87 bits per heavy atom. The maximum absolute atomic E-state index is 13.4. The van der Waals surface area contributed by atoms with Gasteiger partial charge in [0, 0.05) is 11.1 Å². The molecule has 168 valence electrons. The fourth-order valence-corrected chi connectivity index (χ4v) is 3.44. The van der Waals surface area contributed by atoms with Gasteiger partial charge >= 0.3 is 6.03 Å². The molecule has 2 aromatic rings. The van der Waals surface area contributed by atoms with Gasteiger partial charge in [-0.2, -0.15) is 0 Å². The zero-order valence-corrected chi connectivity index (χ0v) is 19.9. The number of hydrogen-bond donors (Lipinski definition) is 2. The summed E-state index contributed by atoms with van der Waals surface area (Å²) in [6.07, 6.45) is 0. The lowest BCUT2D eigenvalue weighted by molar-refractivity contribution is -0.117. The molecule has 0 radical (unpaired) electrons. The van der Waals surface area contributed by atoms with Crippen LogP contribution in [-0.2, 0) is 11.3 Å². The van der Waals surface area contributed by atoms with Gasteiger partial charge in [0.1, 0.15) is 5.82 Å². The van der Waals surface area contributed by atoms with Crippen LogP contribution in [0.25, 0.3) is 0 Å². The van der Waals surface area contributed by atoms with Crippen molar-refractivity contribution >= 4 is 53.1 Å². The molecule has 2 N–H and O–H groups in total. The minimum Gasteiger partial charge on any atom is -0.315 e. The van der Waals surface area contributed by atoms with Gasteiger partial charge in [0.15, 0.2) is 0 Å². The summed E-state index contributed by atoms with van der Waals surface area (Å²) in [4.78, 5) is 33.8. The van der Waals surface area contributed by atoms with E-state index in [1.165, 1.54) is 0 Å². The number of nitrogens with one attached hydrogen (secondary N) is 2. The highest BCUT2D eigenvalue weighted by Crippen LogP contribution is 2.37. The Hall–Kier alpha value is -2.35. The highest BCUT2D eigenvalue weighted by Gasteiger charge is 2.36. The first kappa shape index (κ1) is 24.9. The number of fused-ring (bicyclic) bond motifs is 1. The zero-order valence-electron chi connectivity index (χ0n) is 18.3. The van der Waals surface area contributed by atoms with Crippen LogP contribution in [0.4, 0.5) is 22.0 Å². The van der Waals surface area contributed by atoms with Crippen molar-refractivity contribution in [2.75, 3.05) is 17.3 Å². The molecule has 1 aliphatic rings. The van der Waals surface area contributed by atoms with Gasteiger partial charge in [-0.25, -0.2) is 9.78 Å². The normalized spacial score (nSPS) is 15.3. The van der Waals surface area contributed by atoms with Crippen LogP contribution < -0.4 is 15.5 Å². The molecule has 0 saturated carbocycles. The molecule has 3 rings (SSSR count). The van der Waals surface area contributed by atoms with E-state index in [2.05, 4.69) is 29.5 Å². The van der Waals surface area contributed by atoms with Gasteiger partial charge in [0.05, 0.1) is 29.7 Å². The van der Waals surface area contributed by atoms with Crippen LogP contribution >= 0.6 is 24.0 Å². The number of aromatic nitrogens is 1. The van der Waals surface area contributed by atoms with Crippen LogP contribution in [0.2, 0.25) is 5.02 Å². The van der Waals surface area contributed by atoms with Crippen molar-refractivity contribution in [3.63, 3.8) is 0 Å². The predicted molar refractivity (Wildman–Crippen MR) is 127 cm³/mol. The molecular weight excluding hydrogens is 437 g/mol. The van der Waals surface area contributed by atoms with Gasteiger partial charge in [-0.05, 0) is 57.1 Å². The molecule has 7 nitrogen and oxygen atoms in total. The number of carbonyl (C=O) groups is 2. The van der Waals surface area contributed by atoms with E-state index >= 15 is 0 Å². The van der Waals surface area contributed by atoms with Gasteiger partial charge in [-0.1, -0.05) is 31.5 Å². The highest BCUT2D eigenvalue weighted by molar-refractivity contribution is 6.31. The third-order valence-corrected chi connectivity index (χ3v) is 5.78. The van der Waals surface area contributed by atoms with Crippen molar-refractivity contribution in [1.82, 2.24) is 15.2 Å². The van der Waals surface area contributed by atoms with E-state index < -0.39 is 0 Å². The summed E-state index contributed by atoms with van der Waals surface area (Å²) in [6, 6.07) is 10.3. The Kier molecular flexibility index (Phi) is 8.28. The quantitative estimate of drug-likeness (QED) is 0.640. The molecule has 0 saturated heterocycles. The average molecular weight is 466 g/mol. The number of pyridine rings is 1. The molecule has 2 atom stereocenters. The van der Waals surface area contributed by atoms with Crippen molar-refractivity contribution in [2.45, 2.75) is 46.3 Å². The second kappa shape index (κ2) is 10.3. The van der Waals surface area contributed by atoms with Gasteiger partial charge in [0.25, 0.3) is 0 Å². The summed E-state index contributed by atoms with van der Waals surface area (Å²) < 4.78 is 0. The summed E-state index contributed by atoms with van der Waals surface area (Å²) in [5.41, 5.74) is 2.09. The minimum atomic E-state index is -0.343. The minimum absolute atomic E-state index is 0. The number of amides is 3. The van der Waals surface area contributed by atoms with Crippen LogP contribution in [0.15, 0.2) is 36.4 Å². The lowest BCUT2D eigenvalue weighted by atomic mass is 10.0. The van der Waals surface area contributed by atoms with Crippen LogP contribution in [0.3, 0.4) is 0 Å². The second-order valence-electron chi connectivity index (χ2n) is 7.87. The van der Waals surface area contributed by atoms with Crippen LogP contribution in [0.5, 0.6) is 0 Å². The smallest absolute Gasteiger partial charge is 0.315 e. The number of likely N-dealkylation sites (N-methyl/N-ethyl adjacent to an activating group) is 1. The molecule has 2 heterocycles. The SMILES string of the molecule is CN[C@@H](C)C(=O)Nc1ccc2c(n1)CN(C(C)C(C)C)C(=O)N2c1cccc(Cl)c1.Cl. The molecule has 1 aromatic heterocycles. The second-order valence-corrected chi connectivity index (χ2v) is 8.31. The molecule has 31 heavy (non-hydrogen) atoms. The van der Waals surface area contributed by atoms with Gasteiger partial charge in [-0.15, -0.1) is 12.4 Å². The Bertz CT molecular complexity index is 953. The number of nitrogens with zero attached hydrogens (tertiary/aromatic N) is 3. The van der Waals surface area contributed by atoms with E-state index in [0.717, 1.165) is 5.69 Å². The molecule has 0 fully saturated rings. The highest BCUT2D eigenvalue weighted by atomic mass is 35.5. The molecule has 0 bridgehead atoms. The zero-order chi connectivity index (χ0) is 22.0. The van der Waals surface area contributed by atoms with E-state index in [9.17, 15) is 9.59 Å². The number of urea groups is 1. The molecule has 0 aliphatic carbocycles. The largest absolute Gasteiger partial charge is 0.329 e. The van der Waals surface area contributed by atoms with Gasteiger partial charge in [0.2, 0.25) is 5.91 Å². The molecule has 1 aliphatic heterocycles. The summed E-state index contributed by atoms with van der Waals surface area (Å²) in [6.45, 7) is 8.35. The summed E-state index contributed by atoms with van der Waals surface area (Å²) in [5, 5.41) is 6.29. The molecule has 1 aromatic carbocycles. The fraction of sp³-hybridized carbons (Fsp3) is 0.409. The van der Waals surface area contributed by atoms with Crippen molar-refractivity contribution in [3.05, 3.63) is 47.1 Å². The molecular formula is C22H29Cl2N5O2. The third-order valence-electron chi connectivity index (χ3n) is 5.55. The van der Waals surface area contributed by atoms with E-state index in [-0.39, 0.29) is 42.3 Å². The predicted octanol–water partition coefficient (Wildman–Crippen LogP) is 4.82. The molecule has 1 unspecified atom stereocenters. The van der Waals surface area contributed by atoms with Crippen molar-refractivity contribution < 1.29 is 9.59 Å². The molecule has 9 heteroatoms. The Morgan fingerprint density at radius 3 is 2.48 bits per heavy atom. The first-order valence-electron chi connectivity index (χ1n) is 10.1. The third kappa shape index (κ3) is 5.29. The van der Waals surface area contributed by atoms with Crippen LogP contribution in [0.1, 0.15) is 33.4 Å². The van der Waals surface area contributed by atoms with Crippen LogP contribution in [0, 0.1) is 5.92 Å². The maximum atomic E-state index is 13.4. The Morgan fingerprint density at radius 1 is 1.16 bits per heavy atom. The summed E-state index contributed by atoms with van der Waals surface area (Å²) in [7, 11) is 1.73. The Labute approximate surface area is 194 Å². The summed E-state index contributed by atoms with van der Waals surface area (Å²) >= 11 is 6.19. The number of carbonyl (C=O) groups excluding carboxylic acids is 2. The van der Waals surface area contributed by atoms with Gasteiger partial charge < -0.3 is 15.5 Å². The number of halogens is 2. The van der Waals surface area contributed by atoms with Crippen molar-refractivity contribution in [3.8, 4) is 0 Å². The van der Waals surface area contributed by atoms with E-state index in [1.807, 2.05) is 30.0 Å². The standard InChI is InChI=1S/C22H28ClN5O2.ClH/c1-13(2)15(4)27-12-18-19(9-10-20(25-18)26-21(29)14(3)24-5)28(22(27)30)17-8-6-7-16(23)11-17;/h6-11,13-15,24H,12H2,1-5H3,(H,25,26,29);1H/t14-,15?;/m0./s1. The number of benzene rings is 1. The monoisotopic (exact) mass is 465 g/mol. The van der Waals surface area contributed by atoms with Crippen molar-refractivity contribution in [1.29, 1.82) is 0 Å². The first-order valence-corrected chi connectivity index (χ1v) is 10.4. The maximum Gasteiger partial charge on any atom is 0.329 e.